The number of carbonyl (C=O) groups excluding carboxylic acids is 1. The summed E-state index contributed by atoms with van der Waals surface area (Å²) in [5, 5.41) is 6.65. The lowest BCUT2D eigenvalue weighted by Crippen LogP contribution is -2.43. The molecule has 0 saturated carbocycles. The van der Waals surface area contributed by atoms with E-state index in [0.717, 1.165) is 22.3 Å². The van der Waals surface area contributed by atoms with Gasteiger partial charge < -0.3 is 9.84 Å². The van der Waals surface area contributed by atoms with E-state index in [9.17, 15) is 17.6 Å². The lowest BCUT2D eigenvalue weighted by Gasteiger charge is -2.31. The Morgan fingerprint density at radius 1 is 1.08 bits per heavy atom. The molecule has 0 bridgehead atoms. The summed E-state index contributed by atoms with van der Waals surface area (Å²) in [6.45, 7) is 9.59. The van der Waals surface area contributed by atoms with Crippen LogP contribution in [0.4, 0.5) is 10.1 Å². The number of aryl methyl sites for hydroxylation is 5. The molecule has 0 unspecified atom stereocenters. The second-order valence-electron chi connectivity index (χ2n) is 9.76. The number of carbonyl (C=O) groups is 1. The molecule has 1 fully saturated rings. The summed E-state index contributed by atoms with van der Waals surface area (Å²) in [6.07, 6.45) is 4.54. The summed E-state index contributed by atoms with van der Waals surface area (Å²) in [7, 11) is -3.98. The molecule has 196 valence electrons. The summed E-state index contributed by atoms with van der Waals surface area (Å²) in [5.41, 5.74) is 5.39. The summed E-state index contributed by atoms with van der Waals surface area (Å²) in [5.74, 6) is -1.16. The largest absolute Gasteiger partial charge is 0.355 e. The average Bonchev–Trinajstić information content (AvgIpc) is 3.22. The number of piperidine rings is 1. The van der Waals surface area contributed by atoms with Gasteiger partial charge in [0, 0.05) is 18.8 Å². The molecule has 1 atom stereocenters. The zero-order valence-corrected chi connectivity index (χ0v) is 22.6. The van der Waals surface area contributed by atoms with Crippen molar-refractivity contribution in [1.82, 2.24) is 9.46 Å². The van der Waals surface area contributed by atoms with Gasteiger partial charge in [0.15, 0.2) is 10.7 Å². The Labute approximate surface area is 217 Å². The normalized spacial score (nSPS) is 16.9. The van der Waals surface area contributed by atoms with Crippen molar-refractivity contribution < 1.29 is 22.1 Å². The molecule has 9 heteroatoms. The Morgan fingerprint density at radius 2 is 1.78 bits per heavy atom. The predicted molar refractivity (Wildman–Crippen MR) is 142 cm³/mol. The Bertz CT molecular complexity index is 1450. The van der Waals surface area contributed by atoms with Gasteiger partial charge in [-0.3, -0.25) is 4.79 Å². The average molecular weight is 526 g/mol. The summed E-state index contributed by atoms with van der Waals surface area (Å²) in [6, 6.07) is 8.62. The van der Waals surface area contributed by atoms with Crippen LogP contribution in [0.15, 0.2) is 39.8 Å². The number of aromatic nitrogens is 1. The fourth-order valence-electron chi connectivity index (χ4n) is 4.83. The molecule has 1 amide bonds. The highest BCUT2D eigenvalue weighted by molar-refractivity contribution is 7.89. The van der Waals surface area contributed by atoms with Gasteiger partial charge in [-0.05, 0) is 87.9 Å². The third kappa shape index (κ3) is 5.67. The number of amides is 1. The predicted octanol–water partition coefficient (Wildman–Crippen LogP) is 5.57. The number of benzene rings is 2. The van der Waals surface area contributed by atoms with E-state index in [1.54, 1.807) is 32.1 Å². The van der Waals surface area contributed by atoms with Crippen LogP contribution in [0.25, 0.3) is 12.2 Å². The monoisotopic (exact) mass is 525 g/mol. The van der Waals surface area contributed by atoms with Crippen LogP contribution < -0.4 is 5.32 Å². The Kier molecular flexibility index (Phi) is 7.66. The maximum atomic E-state index is 13.9. The minimum absolute atomic E-state index is 0.00725. The van der Waals surface area contributed by atoms with Gasteiger partial charge >= 0.3 is 0 Å². The van der Waals surface area contributed by atoms with Crippen LogP contribution in [0.3, 0.4) is 0 Å². The van der Waals surface area contributed by atoms with E-state index in [1.165, 1.54) is 10.4 Å². The van der Waals surface area contributed by atoms with Gasteiger partial charge in [0.1, 0.15) is 11.5 Å². The lowest BCUT2D eigenvalue weighted by atomic mass is 9.98. The van der Waals surface area contributed by atoms with Crippen molar-refractivity contribution in [1.29, 1.82) is 0 Å². The molecule has 1 aromatic heterocycles. The van der Waals surface area contributed by atoms with Crippen LogP contribution in [0.1, 0.15) is 52.1 Å². The third-order valence-corrected chi connectivity index (χ3v) is 8.79. The lowest BCUT2D eigenvalue weighted by molar-refractivity contribution is -0.120. The molecule has 1 aliphatic heterocycles. The SMILES string of the molecule is Cc1cc(C)c(/C=C/c2onc(C)c2S(=O)(=O)N2CCC[C@@H](C(=O)Nc3ccc(C)c(F)c3)C2)c(C)c1. The molecule has 1 N–H and O–H groups in total. The molecule has 7 nitrogen and oxygen atoms in total. The molecule has 1 saturated heterocycles. The van der Waals surface area contributed by atoms with E-state index in [4.69, 9.17) is 4.52 Å². The van der Waals surface area contributed by atoms with Gasteiger partial charge in [-0.25, -0.2) is 12.8 Å². The van der Waals surface area contributed by atoms with Crippen LogP contribution >= 0.6 is 0 Å². The molecule has 2 aromatic carbocycles. The van der Waals surface area contributed by atoms with Gasteiger partial charge in [0.05, 0.1) is 5.92 Å². The van der Waals surface area contributed by atoms with Gasteiger partial charge in [-0.1, -0.05) is 35.0 Å². The highest BCUT2D eigenvalue weighted by Crippen LogP contribution is 2.30. The first-order valence-corrected chi connectivity index (χ1v) is 13.7. The molecule has 37 heavy (non-hydrogen) atoms. The Hall–Kier alpha value is -3.30. The quantitative estimate of drug-likeness (QED) is 0.455. The molecule has 0 spiro atoms. The van der Waals surface area contributed by atoms with Crippen LogP contribution in [-0.2, 0) is 14.8 Å². The van der Waals surface area contributed by atoms with Gasteiger partial charge in [-0.15, -0.1) is 0 Å². The first-order valence-electron chi connectivity index (χ1n) is 12.3. The van der Waals surface area contributed by atoms with Gasteiger partial charge in [0.2, 0.25) is 15.9 Å². The number of hydrogen-bond acceptors (Lipinski definition) is 5. The van der Waals surface area contributed by atoms with Crippen LogP contribution in [0, 0.1) is 46.4 Å². The van der Waals surface area contributed by atoms with Crippen molar-refractivity contribution in [3.05, 3.63) is 75.4 Å². The van der Waals surface area contributed by atoms with E-state index < -0.39 is 21.8 Å². The topological polar surface area (TPSA) is 92.5 Å². The van der Waals surface area contributed by atoms with Crippen molar-refractivity contribution in [2.45, 2.75) is 52.4 Å². The van der Waals surface area contributed by atoms with Crippen molar-refractivity contribution in [3.63, 3.8) is 0 Å². The van der Waals surface area contributed by atoms with Crippen molar-refractivity contribution in [3.8, 4) is 0 Å². The molecule has 3 aromatic rings. The van der Waals surface area contributed by atoms with Crippen molar-refractivity contribution >= 4 is 33.8 Å². The molecular weight excluding hydrogens is 493 g/mol. The van der Waals surface area contributed by atoms with Crippen molar-refractivity contribution in [2.75, 3.05) is 18.4 Å². The number of sulfonamides is 1. The summed E-state index contributed by atoms with van der Waals surface area (Å²) in [4.78, 5) is 12.9. The molecule has 0 aliphatic carbocycles. The molecule has 0 radical (unpaired) electrons. The van der Waals surface area contributed by atoms with E-state index in [0.29, 0.717) is 24.1 Å². The van der Waals surface area contributed by atoms with Crippen LogP contribution in [0.5, 0.6) is 0 Å². The second kappa shape index (κ2) is 10.6. The molecule has 2 heterocycles. The highest BCUT2D eigenvalue weighted by Gasteiger charge is 2.37. The second-order valence-corrected chi connectivity index (χ2v) is 11.6. The molecule has 4 rings (SSSR count). The van der Waals surface area contributed by atoms with Crippen LogP contribution in [0.2, 0.25) is 0 Å². The summed E-state index contributed by atoms with van der Waals surface area (Å²) >= 11 is 0. The fraction of sp³-hybridized carbons (Fsp3) is 0.357. The molecule has 1 aliphatic rings. The fourth-order valence-corrected chi connectivity index (χ4v) is 6.60. The Balaban J connectivity index is 1.56. The van der Waals surface area contributed by atoms with E-state index in [1.807, 2.05) is 26.8 Å². The number of nitrogens with one attached hydrogen (secondary N) is 1. The van der Waals surface area contributed by atoms with E-state index in [2.05, 4.69) is 22.6 Å². The minimum Gasteiger partial charge on any atom is -0.355 e. The minimum atomic E-state index is -3.98. The highest BCUT2D eigenvalue weighted by atomic mass is 32.2. The standard InChI is InChI=1S/C28H32FN3O4S/c1-17-13-19(3)24(20(4)14-17)10-11-26-27(21(5)31-36-26)37(34,35)32-12-6-7-22(16-32)28(33)30-23-9-8-18(2)25(29)15-23/h8-11,13-15,22H,6-7,12,16H2,1-5H3,(H,30,33)/b11-10+/t22-/m1/s1. The first-order chi connectivity index (χ1) is 17.5. The zero-order valence-electron chi connectivity index (χ0n) is 21.8. The first kappa shape index (κ1) is 26.8. The molecular formula is C28H32FN3O4S. The van der Waals surface area contributed by atoms with E-state index >= 15 is 0 Å². The smallest absolute Gasteiger partial charge is 0.248 e. The summed E-state index contributed by atoms with van der Waals surface area (Å²) < 4.78 is 48.0. The van der Waals surface area contributed by atoms with Crippen LogP contribution in [-0.4, -0.2) is 36.9 Å². The van der Waals surface area contributed by atoms with Gasteiger partial charge in [0.25, 0.3) is 0 Å². The number of nitrogens with zero attached hydrogens (tertiary/aromatic N) is 2. The number of anilines is 1. The third-order valence-electron chi connectivity index (χ3n) is 6.76. The van der Waals surface area contributed by atoms with Crippen molar-refractivity contribution in [2.24, 2.45) is 5.92 Å². The number of hydrogen-bond donors (Lipinski definition) is 1. The maximum Gasteiger partial charge on any atom is 0.248 e. The zero-order chi connectivity index (χ0) is 26.9. The van der Waals surface area contributed by atoms with E-state index in [-0.39, 0.29) is 35.3 Å². The Morgan fingerprint density at radius 3 is 2.46 bits per heavy atom. The number of halogens is 1. The maximum absolute atomic E-state index is 13.9. The van der Waals surface area contributed by atoms with Gasteiger partial charge in [-0.2, -0.15) is 4.31 Å². The number of rotatable bonds is 6.